The first-order valence-corrected chi connectivity index (χ1v) is 9.41. The molecule has 0 unspecified atom stereocenters. The van der Waals surface area contributed by atoms with Gasteiger partial charge in [-0.3, -0.25) is 4.79 Å². The van der Waals surface area contributed by atoms with Crippen molar-refractivity contribution in [1.82, 2.24) is 4.90 Å². The van der Waals surface area contributed by atoms with Crippen molar-refractivity contribution in [2.45, 2.75) is 24.8 Å². The molecule has 4 nitrogen and oxygen atoms in total. The molecule has 2 aliphatic rings. The third-order valence-electron chi connectivity index (χ3n) is 5.36. The molecular weight excluding hydrogens is 383 g/mol. The van der Waals surface area contributed by atoms with Gasteiger partial charge in [0.25, 0.3) is 5.91 Å². The summed E-state index contributed by atoms with van der Waals surface area (Å²) in [5.41, 5.74) is 1.59. The van der Waals surface area contributed by atoms with Crippen molar-refractivity contribution in [2.75, 3.05) is 6.54 Å². The first-order chi connectivity index (χ1) is 12.9. The van der Waals surface area contributed by atoms with E-state index in [2.05, 4.69) is 6.07 Å². The molecule has 6 heteroatoms. The Morgan fingerprint density at radius 2 is 1.81 bits per heavy atom. The number of carbonyl (C=O) groups is 1. The number of aliphatic hydroxyl groups excluding tert-OH is 1. The monoisotopic (exact) mass is 398 g/mol. The molecule has 0 spiro atoms. The number of benzene rings is 2. The summed E-state index contributed by atoms with van der Waals surface area (Å²) in [4.78, 5) is 14.8. The van der Waals surface area contributed by atoms with Gasteiger partial charge in [0.1, 0.15) is 11.3 Å². The highest BCUT2D eigenvalue weighted by molar-refractivity contribution is 6.35. The maximum Gasteiger partial charge on any atom is 0.258 e. The van der Waals surface area contributed by atoms with Crippen LogP contribution in [0.4, 0.5) is 0 Å². The molecule has 4 rings (SSSR count). The summed E-state index contributed by atoms with van der Waals surface area (Å²) in [5.74, 6) is -0.121. The minimum Gasteiger partial charge on any atom is -0.509 e. The number of aliphatic hydroxyl groups is 1. The molecule has 1 N–H and O–H groups in total. The minimum absolute atomic E-state index is 0.0766. The van der Waals surface area contributed by atoms with Gasteiger partial charge in [0.05, 0.1) is 17.2 Å². The number of hydrogen-bond acceptors (Lipinski definition) is 3. The van der Waals surface area contributed by atoms with E-state index in [1.807, 2.05) is 12.1 Å². The Morgan fingerprint density at radius 1 is 1.15 bits per heavy atom. The van der Waals surface area contributed by atoms with E-state index in [1.165, 1.54) is 0 Å². The SMILES string of the molecule is N#Cc1ccc(C[C@@]23CCCN2C(=O)C(c2cc(Cl)cc(Cl)c2)=C3O)cc1. The number of nitrogens with zero attached hydrogens (tertiary/aromatic N) is 2. The van der Waals surface area contributed by atoms with Gasteiger partial charge >= 0.3 is 0 Å². The summed E-state index contributed by atoms with van der Waals surface area (Å²) in [6, 6.07) is 14.2. The lowest BCUT2D eigenvalue weighted by Gasteiger charge is -2.32. The second kappa shape index (κ2) is 6.60. The van der Waals surface area contributed by atoms with E-state index in [-0.39, 0.29) is 17.2 Å². The largest absolute Gasteiger partial charge is 0.509 e. The zero-order valence-corrected chi connectivity index (χ0v) is 15.9. The molecule has 0 saturated carbocycles. The van der Waals surface area contributed by atoms with Gasteiger partial charge in [-0.2, -0.15) is 5.26 Å². The second-order valence-corrected chi connectivity index (χ2v) is 7.83. The number of hydrogen-bond donors (Lipinski definition) is 1. The van der Waals surface area contributed by atoms with E-state index in [9.17, 15) is 9.90 Å². The molecule has 1 saturated heterocycles. The van der Waals surface area contributed by atoms with Crippen molar-refractivity contribution >= 4 is 34.7 Å². The number of rotatable bonds is 3. The third kappa shape index (κ3) is 2.88. The number of halogens is 2. The van der Waals surface area contributed by atoms with E-state index in [1.54, 1.807) is 35.2 Å². The van der Waals surface area contributed by atoms with Crippen molar-refractivity contribution < 1.29 is 9.90 Å². The standard InChI is InChI=1S/C21H16Cl2N2O2/c22-16-8-15(9-17(23)10-16)18-19(26)21(6-1-7-25(21)20(18)27)11-13-2-4-14(12-24)5-3-13/h2-5,8-10,26H,1,6-7,11H2/t21-/m1/s1. The smallest absolute Gasteiger partial charge is 0.258 e. The first kappa shape index (κ1) is 17.9. The van der Waals surface area contributed by atoms with E-state index < -0.39 is 5.54 Å². The Hall–Kier alpha value is -2.48. The first-order valence-electron chi connectivity index (χ1n) is 8.66. The highest BCUT2D eigenvalue weighted by atomic mass is 35.5. The summed E-state index contributed by atoms with van der Waals surface area (Å²) in [5, 5.41) is 21.0. The summed E-state index contributed by atoms with van der Waals surface area (Å²) < 4.78 is 0. The van der Waals surface area contributed by atoms with Gasteiger partial charge < -0.3 is 10.0 Å². The normalized spacial score (nSPS) is 21.5. The van der Waals surface area contributed by atoms with E-state index in [4.69, 9.17) is 28.5 Å². The van der Waals surface area contributed by atoms with Gasteiger partial charge in [0, 0.05) is 23.0 Å². The van der Waals surface area contributed by atoms with Gasteiger partial charge in [0.2, 0.25) is 0 Å². The molecular formula is C21H16Cl2N2O2. The number of fused-ring (bicyclic) bond motifs is 1. The lowest BCUT2D eigenvalue weighted by molar-refractivity contribution is -0.126. The minimum atomic E-state index is -0.755. The van der Waals surface area contributed by atoms with Gasteiger partial charge in [-0.05, 0) is 54.3 Å². The second-order valence-electron chi connectivity index (χ2n) is 6.96. The van der Waals surface area contributed by atoms with Crippen LogP contribution in [0.15, 0.2) is 48.2 Å². The quantitative estimate of drug-likeness (QED) is 0.810. The summed E-state index contributed by atoms with van der Waals surface area (Å²) in [6.07, 6.45) is 2.01. The molecule has 136 valence electrons. The lowest BCUT2D eigenvalue weighted by atomic mass is 9.86. The van der Waals surface area contributed by atoms with Crippen LogP contribution in [-0.2, 0) is 11.2 Å². The van der Waals surface area contributed by atoms with Crippen LogP contribution in [0.2, 0.25) is 10.0 Å². The zero-order valence-electron chi connectivity index (χ0n) is 14.4. The number of carbonyl (C=O) groups excluding carboxylic acids is 1. The van der Waals surface area contributed by atoms with Crippen molar-refractivity contribution in [2.24, 2.45) is 0 Å². The maximum atomic E-state index is 13.1. The summed E-state index contributed by atoms with van der Waals surface area (Å²) >= 11 is 12.2. The molecule has 2 aliphatic heterocycles. The molecule has 0 aromatic heterocycles. The van der Waals surface area contributed by atoms with E-state index in [0.717, 1.165) is 12.0 Å². The number of amides is 1. The Morgan fingerprint density at radius 3 is 2.44 bits per heavy atom. The topological polar surface area (TPSA) is 64.3 Å². The Bertz CT molecular complexity index is 988. The fourth-order valence-corrected chi connectivity index (χ4v) is 4.68. The Kier molecular flexibility index (Phi) is 4.38. The van der Waals surface area contributed by atoms with Crippen molar-refractivity contribution in [3.8, 4) is 6.07 Å². The molecule has 1 atom stereocenters. The molecule has 1 fully saturated rings. The van der Waals surface area contributed by atoms with Crippen molar-refractivity contribution in [1.29, 1.82) is 5.26 Å². The average molecular weight is 399 g/mol. The van der Waals surface area contributed by atoms with E-state index >= 15 is 0 Å². The zero-order chi connectivity index (χ0) is 19.2. The highest BCUT2D eigenvalue weighted by Gasteiger charge is 2.54. The van der Waals surface area contributed by atoms with Crippen LogP contribution in [-0.4, -0.2) is 28.0 Å². The molecule has 2 aromatic carbocycles. The fourth-order valence-electron chi connectivity index (χ4n) is 4.15. The average Bonchev–Trinajstić information content (AvgIpc) is 3.13. The molecule has 2 aromatic rings. The molecule has 27 heavy (non-hydrogen) atoms. The van der Waals surface area contributed by atoms with Gasteiger partial charge in [0.15, 0.2) is 0 Å². The van der Waals surface area contributed by atoms with Crippen LogP contribution >= 0.6 is 23.2 Å². The fraction of sp³-hybridized carbons (Fsp3) is 0.238. The van der Waals surface area contributed by atoms with Gasteiger partial charge in [-0.1, -0.05) is 35.3 Å². The molecule has 0 aliphatic carbocycles. The lowest BCUT2D eigenvalue weighted by Crippen LogP contribution is -2.45. The van der Waals surface area contributed by atoms with Gasteiger partial charge in [-0.15, -0.1) is 0 Å². The molecule has 0 radical (unpaired) electrons. The van der Waals surface area contributed by atoms with E-state index in [0.29, 0.717) is 40.6 Å². The van der Waals surface area contributed by atoms with Crippen LogP contribution < -0.4 is 0 Å². The predicted molar refractivity (Wildman–Crippen MR) is 105 cm³/mol. The van der Waals surface area contributed by atoms with Crippen LogP contribution in [0.1, 0.15) is 29.5 Å². The predicted octanol–water partition coefficient (Wildman–Crippen LogP) is 4.75. The molecule has 0 bridgehead atoms. The van der Waals surface area contributed by atoms with Crippen LogP contribution in [0.5, 0.6) is 0 Å². The maximum absolute atomic E-state index is 13.1. The van der Waals surface area contributed by atoms with Crippen LogP contribution in [0, 0.1) is 11.3 Å². The van der Waals surface area contributed by atoms with Crippen molar-refractivity contribution in [3.63, 3.8) is 0 Å². The summed E-state index contributed by atoms with van der Waals surface area (Å²) in [6.45, 7) is 0.594. The Labute approximate surface area is 167 Å². The van der Waals surface area contributed by atoms with Gasteiger partial charge in [-0.25, -0.2) is 0 Å². The van der Waals surface area contributed by atoms with Crippen LogP contribution in [0.3, 0.4) is 0 Å². The highest BCUT2D eigenvalue weighted by Crippen LogP contribution is 2.47. The molecule has 2 heterocycles. The third-order valence-corrected chi connectivity index (χ3v) is 5.79. The van der Waals surface area contributed by atoms with Crippen LogP contribution in [0.25, 0.3) is 5.57 Å². The summed E-state index contributed by atoms with van der Waals surface area (Å²) in [7, 11) is 0. The number of nitriles is 1. The van der Waals surface area contributed by atoms with Crippen molar-refractivity contribution in [3.05, 3.63) is 75.0 Å². The Balaban J connectivity index is 1.79. The molecule has 1 amide bonds.